The minimum absolute atomic E-state index is 0.123. The highest BCUT2D eigenvalue weighted by Crippen LogP contribution is 2.36. The summed E-state index contributed by atoms with van der Waals surface area (Å²) in [7, 11) is 0. The first-order valence-electron chi connectivity index (χ1n) is 5.76. The molecule has 0 aromatic heterocycles. The Morgan fingerprint density at radius 3 is 2.39 bits per heavy atom. The van der Waals surface area contributed by atoms with Crippen molar-refractivity contribution in [2.24, 2.45) is 5.92 Å². The minimum atomic E-state index is -2.42. The number of aliphatic hydroxyl groups is 1. The first-order chi connectivity index (χ1) is 8.45. The van der Waals surface area contributed by atoms with Gasteiger partial charge in [0.05, 0.1) is 0 Å². The molecule has 0 saturated carbocycles. The van der Waals surface area contributed by atoms with Crippen molar-refractivity contribution in [3.63, 3.8) is 0 Å². The van der Waals surface area contributed by atoms with Gasteiger partial charge in [0, 0.05) is 5.92 Å². The third-order valence-corrected chi connectivity index (χ3v) is 2.98. The Morgan fingerprint density at radius 1 is 1.39 bits per heavy atom. The van der Waals surface area contributed by atoms with E-state index in [1.54, 1.807) is 0 Å². The smallest absolute Gasteiger partial charge is 0.303 e. The van der Waals surface area contributed by atoms with Crippen LogP contribution in [0.4, 0.5) is 13.2 Å². The normalized spacial score (nSPS) is 27.8. The van der Waals surface area contributed by atoms with E-state index < -0.39 is 30.8 Å². The second kappa shape index (κ2) is 6.51. The summed E-state index contributed by atoms with van der Waals surface area (Å²) in [6.45, 7) is 1.20. The molecule has 106 valence electrons. The SMILES string of the molecule is CCC(CC)C1(OCC(F)=C(F)F)COC(O)O1. The fourth-order valence-electron chi connectivity index (χ4n) is 1.98. The fraction of sp³-hybridized carbons (Fsp3) is 0.818. The van der Waals surface area contributed by atoms with E-state index in [4.69, 9.17) is 14.2 Å². The summed E-state index contributed by atoms with van der Waals surface area (Å²) in [5.74, 6) is -3.22. The molecule has 0 bridgehead atoms. The molecule has 2 atom stereocenters. The van der Waals surface area contributed by atoms with Gasteiger partial charge in [0.2, 0.25) is 5.79 Å². The second-order valence-electron chi connectivity index (χ2n) is 4.02. The lowest BCUT2D eigenvalue weighted by Crippen LogP contribution is -2.44. The second-order valence-corrected chi connectivity index (χ2v) is 4.02. The maximum Gasteiger partial charge on any atom is 0.303 e. The Kier molecular flexibility index (Phi) is 5.58. The summed E-state index contributed by atoms with van der Waals surface area (Å²) in [5.41, 5.74) is 0. The number of rotatable bonds is 6. The highest BCUT2D eigenvalue weighted by Gasteiger charge is 2.47. The van der Waals surface area contributed by atoms with Gasteiger partial charge in [0.25, 0.3) is 6.48 Å². The third-order valence-electron chi connectivity index (χ3n) is 2.98. The van der Waals surface area contributed by atoms with E-state index in [1.807, 2.05) is 13.8 Å². The Balaban J connectivity index is 2.76. The van der Waals surface area contributed by atoms with E-state index in [2.05, 4.69) is 0 Å². The molecule has 0 radical (unpaired) electrons. The molecule has 0 aliphatic carbocycles. The summed E-state index contributed by atoms with van der Waals surface area (Å²) >= 11 is 0. The van der Waals surface area contributed by atoms with Gasteiger partial charge in [-0.3, -0.25) is 4.74 Å². The highest BCUT2D eigenvalue weighted by molar-refractivity contribution is 4.93. The molecular formula is C11H17F3O4. The van der Waals surface area contributed by atoms with Crippen LogP contribution in [0.5, 0.6) is 0 Å². The molecule has 0 spiro atoms. The molecular weight excluding hydrogens is 253 g/mol. The van der Waals surface area contributed by atoms with Crippen LogP contribution in [0.15, 0.2) is 11.9 Å². The summed E-state index contributed by atoms with van der Waals surface area (Å²) in [4.78, 5) is 0. The van der Waals surface area contributed by atoms with Gasteiger partial charge in [-0.15, -0.1) is 0 Å². The molecule has 2 unspecified atom stereocenters. The van der Waals surface area contributed by atoms with Gasteiger partial charge in [-0.25, -0.2) is 4.39 Å². The van der Waals surface area contributed by atoms with Crippen molar-refractivity contribution in [2.75, 3.05) is 13.2 Å². The number of aliphatic hydroxyl groups excluding tert-OH is 1. The molecule has 1 heterocycles. The molecule has 0 aromatic rings. The van der Waals surface area contributed by atoms with Gasteiger partial charge in [-0.1, -0.05) is 13.8 Å². The molecule has 0 aromatic carbocycles. The van der Waals surface area contributed by atoms with E-state index in [9.17, 15) is 18.3 Å². The molecule has 4 nitrogen and oxygen atoms in total. The van der Waals surface area contributed by atoms with Crippen LogP contribution in [0, 0.1) is 5.92 Å². The van der Waals surface area contributed by atoms with Crippen LogP contribution >= 0.6 is 0 Å². The molecule has 1 fully saturated rings. The quantitative estimate of drug-likeness (QED) is 0.805. The van der Waals surface area contributed by atoms with E-state index in [0.717, 1.165) is 0 Å². The van der Waals surface area contributed by atoms with Crippen LogP contribution in [-0.2, 0) is 14.2 Å². The van der Waals surface area contributed by atoms with Gasteiger partial charge in [-0.2, -0.15) is 8.78 Å². The lowest BCUT2D eigenvalue weighted by Gasteiger charge is -2.33. The number of halogens is 3. The predicted octanol–water partition coefficient (Wildman–Crippen LogP) is 2.54. The van der Waals surface area contributed by atoms with Gasteiger partial charge in [0.1, 0.15) is 13.2 Å². The van der Waals surface area contributed by atoms with Crippen LogP contribution in [0.3, 0.4) is 0 Å². The van der Waals surface area contributed by atoms with Crippen molar-refractivity contribution in [2.45, 2.75) is 39.0 Å². The first-order valence-corrected chi connectivity index (χ1v) is 5.76. The Bertz CT molecular complexity index is 303. The summed E-state index contributed by atoms with van der Waals surface area (Å²) in [5, 5.41) is 9.20. The monoisotopic (exact) mass is 270 g/mol. The average molecular weight is 270 g/mol. The summed E-state index contributed by atoms with van der Waals surface area (Å²) in [6.07, 6.45) is -1.18. The minimum Gasteiger partial charge on any atom is -0.346 e. The lowest BCUT2D eigenvalue weighted by atomic mass is 9.93. The van der Waals surface area contributed by atoms with E-state index in [1.165, 1.54) is 0 Å². The largest absolute Gasteiger partial charge is 0.346 e. The van der Waals surface area contributed by atoms with Crippen molar-refractivity contribution in [1.29, 1.82) is 0 Å². The number of ether oxygens (including phenoxy) is 3. The van der Waals surface area contributed by atoms with Crippen molar-refractivity contribution in [3.05, 3.63) is 11.9 Å². The third kappa shape index (κ3) is 3.44. The Labute approximate surface area is 103 Å². The van der Waals surface area contributed by atoms with Gasteiger partial charge >= 0.3 is 6.08 Å². The van der Waals surface area contributed by atoms with Crippen molar-refractivity contribution < 1.29 is 32.5 Å². The zero-order valence-electron chi connectivity index (χ0n) is 10.3. The maximum absolute atomic E-state index is 12.8. The Hall–Kier alpha value is -0.630. The predicted molar refractivity (Wildman–Crippen MR) is 56.1 cm³/mol. The number of hydrogen-bond acceptors (Lipinski definition) is 4. The first kappa shape index (κ1) is 15.4. The van der Waals surface area contributed by atoms with E-state index >= 15 is 0 Å². The zero-order chi connectivity index (χ0) is 13.8. The van der Waals surface area contributed by atoms with Crippen molar-refractivity contribution >= 4 is 0 Å². The summed E-state index contributed by atoms with van der Waals surface area (Å²) in [6, 6.07) is 0. The van der Waals surface area contributed by atoms with Gasteiger partial charge in [-0.05, 0) is 12.8 Å². The standard InChI is InChI=1S/C11H17F3O4/c1-3-7(4-2)11(6-16-10(15)18-11)17-5-8(12)9(13)14/h7,10,15H,3-6H2,1-2H3. The maximum atomic E-state index is 12.8. The van der Waals surface area contributed by atoms with Crippen molar-refractivity contribution in [3.8, 4) is 0 Å². The van der Waals surface area contributed by atoms with Gasteiger partial charge < -0.3 is 14.6 Å². The molecule has 1 saturated heterocycles. The lowest BCUT2D eigenvalue weighted by molar-refractivity contribution is -0.296. The van der Waals surface area contributed by atoms with E-state index in [-0.39, 0.29) is 12.5 Å². The van der Waals surface area contributed by atoms with E-state index in [0.29, 0.717) is 12.8 Å². The number of hydrogen-bond donors (Lipinski definition) is 1. The van der Waals surface area contributed by atoms with Crippen LogP contribution in [-0.4, -0.2) is 30.6 Å². The zero-order valence-corrected chi connectivity index (χ0v) is 10.3. The van der Waals surface area contributed by atoms with Gasteiger partial charge in [0.15, 0.2) is 5.83 Å². The highest BCUT2D eigenvalue weighted by atomic mass is 19.3. The molecule has 1 aliphatic rings. The van der Waals surface area contributed by atoms with Crippen LogP contribution in [0.25, 0.3) is 0 Å². The van der Waals surface area contributed by atoms with Crippen LogP contribution in [0.1, 0.15) is 26.7 Å². The molecule has 7 heteroatoms. The van der Waals surface area contributed by atoms with Crippen LogP contribution in [0.2, 0.25) is 0 Å². The summed E-state index contributed by atoms with van der Waals surface area (Å²) < 4.78 is 51.7. The van der Waals surface area contributed by atoms with Crippen LogP contribution < -0.4 is 0 Å². The molecule has 1 N–H and O–H groups in total. The molecule has 1 rings (SSSR count). The topological polar surface area (TPSA) is 47.9 Å². The molecule has 1 aliphatic heterocycles. The molecule has 0 amide bonds. The molecule has 18 heavy (non-hydrogen) atoms. The van der Waals surface area contributed by atoms with Crippen molar-refractivity contribution in [1.82, 2.24) is 0 Å². The fourth-order valence-corrected chi connectivity index (χ4v) is 1.98. The average Bonchev–Trinajstić information content (AvgIpc) is 2.70. The Morgan fingerprint density at radius 2 is 2.00 bits per heavy atom.